The highest BCUT2D eigenvalue weighted by Crippen LogP contribution is 2.17. The van der Waals surface area contributed by atoms with Crippen LogP contribution in [-0.4, -0.2) is 28.3 Å². The first-order valence-electron chi connectivity index (χ1n) is 6.60. The molecule has 0 aliphatic heterocycles. The van der Waals surface area contributed by atoms with E-state index in [1.54, 1.807) is 32.2 Å². The number of rotatable bonds is 4. The van der Waals surface area contributed by atoms with Crippen LogP contribution in [0.1, 0.15) is 33.2 Å². The molecule has 1 heterocycles. The lowest BCUT2D eigenvalue weighted by molar-refractivity contribution is 0.0527. The van der Waals surface area contributed by atoms with E-state index < -0.39 is 5.97 Å². The molecule has 1 N–H and O–H groups in total. The minimum Gasteiger partial charge on any atom is -0.462 e. The minimum atomic E-state index is -0.509. The first kappa shape index (κ1) is 14.8. The van der Waals surface area contributed by atoms with Crippen molar-refractivity contribution in [3.05, 3.63) is 47.2 Å². The molecule has 0 bridgehead atoms. The normalized spacial score (nSPS) is 10.2. The van der Waals surface area contributed by atoms with E-state index in [0.717, 1.165) is 5.56 Å². The van der Waals surface area contributed by atoms with E-state index in [4.69, 9.17) is 4.74 Å². The molecule has 6 heteroatoms. The molecule has 1 amide bonds. The molecule has 0 aliphatic carbocycles. The van der Waals surface area contributed by atoms with Gasteiger partial charge in [-0.25, -0.2) is 4.79 Å². The van der Waals surface area contributed by atoms with Crippen molar-refractivity contribution in [1.82, 2.24) is 9.78 Å². The van der Waals surface area contributed by atoms with Crippen molar-refractivity contribution in [2.24, 2.45) is 7.05 Å². The average Bonchev–Trinajstić information content (AvgIpc) is 2.80. The van der Waals surface area contributed by atoms with Crippen LogP contribution >= 0.6 is 0 Å². The van der Waals surface area contributed by atoms with E-state index in [-0.39, 0.29) is 18.1 Å². The van der Waals surface area contributed by atoms with Crippen molar-refractivity contribution in [2.75, 3.05) is 11.9 Å². The molecule has 6 nitrogen and oxygen atoms in total. The number of hydrogen-bond acceptors (Lipinski definition) is 4. The van der Waals surface area contributed by atoms with Crippen LogP contribution in [0.5, 0.6) is 0 Å². The molecule has 110 valence electrons. The van der Waals surface area contributed by atoms with Gasteiger partial charge < -0.3 is 10.1 Å². The highest BCUT2D eigenvalue weighted by Gasteiger charge is 2.19. The van der Waals surface area contributed by atoms with E-state index in [1.807, 2.05) is 13.0 Å². The van der Waals surface area contributed by atoms with Crippen LogP contribution in [0.3, 0.4) is 0 Å². The average molecular weight is 287 g/mol. The second-order valence-electron chi connectivity index (χ2n) is 4.57. The van der Waals surface area contributed by atoms with Crippen molar-refractivity contribution >= 4 is 17.7 Å². The number of nitrogens with zero attached hydrogens (tertiary/aromatic N) is 2. The molecule has 0 saturated heterocycles. The first-order chi connectivity index (χ1) is 10.0. The van der Waals surface area contributed by atoms with Gasteiger partial charge in [0.2, 0.25) is 0 Å². The number of benzene rings is 1. The summed E-state index contributed by atoms with van der Waals surface area (Å²) in [7, 11) is 1.65. The summed E-state index contributed by atoms with van der Waals surface area (Å²) in [6.45, 7) is 3.89. The maximum absolute atomic E-state index is 12.2. The molecule has 0 spiro atoms. The standard InChI is InChI=1S/C15H17N3O3/c1-4-21-15(20)12-9-16-18(3)13(12)17-14(19)11-7-5-6-10(2)8-11/h5-9H,4H2,1-3H3,(H,17,19). The third-order valence-corrected chi connectivity index (χ3v) is 2.95. The van der Waals surface area contributed by atoms with Crippen LogP contribution in [0.2, 0.25) is 0 Å². The number of ether oxygens (including phenoxy) is 1. The first-order valence-corrected chi connectivity index (χ1v) is 6.60. The summed E-state index contributed by atoms with van der Waals surface area (Å²) in [5, 5.41) is 6.69. The number of carbonyl (C=O) groups is 2. The Morgan fingerprint density at radius 1 is 1.38 bits per heavy atom. The molecular formula is C15H17N3O3. The second-order valence-corrected chi connectivity index (χ2v) is 4.57. The second kappa shape index (κ2) is 6.21. The summed E-state index contributed by atoms with van der Waals surface area (Å²) in [6.07, 6.45) is 1.38. The van der Waals surface area contributed by atoms with Gasteiger partial charge in [0.05, 0.1) is 12.8 Å². The molecule has 0 fully saturated rings. The fraction of sp³-hybridized carbons (Fsp3) is 0.267. The van der Waals surface area contributed by atoms with Crippen molar-refractivity contribution < 1.29 is 14.3 Å². The highest BCUT2D eigenvalue weighted by molar-refractivity contribution is 6.07. The van der Waals surface area contributed by atoms with Gasteiger partial charge in [0.1, 0.15) is 11.4 Å². The zero-order chi connectivity index (χ0) is 15.4. The number of nitrogens with one attached hydrogen (secondary N) is 1. The van der Waals surface area contributed by atoms with Gasteiger partial charge >= 0.3 is 5.97 Å². The van der Waals surface area contributed by atoms with Crippen LogP contribution in [0.4, 0.5) is 5.82 Å². The molecule has 1 aromatic heterocycles. The Hall–Kier alpha value is -2.63. The van der Waals surface area contributed by atoms with Gasteiger partial charge in [0.25, 0.3) is 5.91 Å². The minimum absolute atomic E-state index is 0.236. The molecule has 0 atom stereocenters. The van der Waals surface area contributed by atoms with E-state index in [0.29, 0.717) is 11.4 Å². The Labute approximate surface area is 122 Å². The number of amides is 1. The predicted octanol–water partition coefficient (Wildman–Crippen LogP) is 2.16. The maximum Gasteiger partial charge on any atom is 0.343 e. The van der Waals surface area contributed by atoms with E-state index in [1.165, 1.54) is 10.9 Å². The van der Waals surface area contributed by atoms with Crippen molar-refractivity contribution in [3.8, 4) is 0 Å². The zero-order valence-corrected chi connectivity index (χ0v) is 12.2. The lowest BCUT2D eigenvalue weighted by atomic mass is 10.1. The molecule has 21 heavy (non-hydrogen) atoms. The fourth-order valence-corrected chi connectivity index (χ4v) is 1.91. The topological polar surface area (TPSA) is 73.2 Å². The van der Waals surface area contributed by atoms with Gasteiger partial charge in [-0.15, -0.1) is 0 Å². The van der Waals surface area contributed by atoms with E-state index >= 15 is 0 Å². The zero-order valence-electron chi connectivity index (χ0n) is 12.2. The number of carbonyl (C=O) groups excluding carboxylic acids is 2. The highest BCUT2D eigenvalue weighted by atomic mass is 16.5. The van der Waals surface area contributed by atoms with Crippen molar-refractivity contribution in [3.63, 3.8) is 0 Å². The van der Waals surface area contributed by atoms with Crippen LogP contribution in [0.25, 0.3) is 0 Å². The molecule has 0 radical (unpaired) electrons. The van der Waals surface area contributed by atoms with Gasteiger partial charge in [-0.1, -0.05) is 17.7 Å². The molecular weight excluding hydrogens is 270 g/mol. The van der Waals surface area contributed by atoms with Crippen LogP contribution in [0.15, 0.2) is 30.5 Å². The maximum atomic E-state index is 12.2. The summed E-state index contributed by atoms with van der Waals surface area (Å²) in [5.74, 6) is -0.488. The third kappa shape index (κ3) is 3.28. The molecule has 0 aliphatic rings. The van der Waals surface area contributed by atoms with Crippen molar-refractivity contribution in [2.45, 2.75) is 13.8 Å². The number of aromatic nitrogens is 2. The van der Waals surface area contributed by atoms with Crippen LogP contribution in [-0.2, 0) is 11.8 Å². The largest absolute Gasteiger partial charge is 0.462 e. The monoisotopic (exact) mass is 287 g/mol. The summed E-state index contributed by atoms with van der Waals surface area (Å²) in [4.78, 5) is 24.1. The third-order valence-electron chi connectivity index (χ3n) is 2.95. The van der Waals surface area contributed by atoms with Gasteiger partial charge in [-0.2, -0.15) is 5.10 Å². The van der Waals surface area contributed by atoms with Crippen molar-refractivity contribution in [1.29, 1.82) is 0 Å². The van der Waals surface area contributed by atoms with Crippen LogP contribution < -0.4 is 5.32 Å². The Bertz CT molecular complexity index is 677. The molecule has 0 unspecified atom stereocenters. The number of aryl methyl sites for hydroxylation is 2. The molecule has 2 rings (SSSR count). The Morgan fingerprint density at radius 3 is 2.81 bits per heavy atom. The molecule has 0 saturated carbocycles. The summed E-state index contributed by atoms with van der Waals surface area (Å²) >= 11 is 0. The summed E-state index contributed by atoms with van der Waals surface area (Å²) in [6, 6.07) is 7.20. The number of hydrogen-bond donors (Lipinski definition) is 1. The quantitative estimate of drug-likeness (QED) is 0.874. The lowest BCUT2D eigenvalue weighted by Crippen LogP contribution is -2.17. The number of anilines is 1. The van der Waals surface area contributed by atoms with E-state index in [2.05, 4.69) is 10.4 Å². The SMILES string of the molecule is CCOC(=O)c1cnn(C)c1NC(=O)c1cccc(C)c1. The summed E-state index contributed by atoms with van der Waals surface area (Å²) < 4.78 is 6.38. The Balaban J connectivity index is 2.25. The van der Waals surface area contributed by atoms with E-state index in [9.17, 15) is 9.59 Å². The van der Waals surface area contributed by atoms with Gasteiger partial charge in [0.15, 0.2) is 0 Å². The van der Waals surface area contributed by atoms with Crippen LogP contribution in [0, 0.1) is 6.92 Å². The number of esters is 1. The van der Waals surface area contributed by atoms with Gasteiger partial charge in [0, 0.05) is 12.6 Å². The van der Waals surface area contributed by atoms with Gasteiger partial charge in [-0.05, 0) is 26.0 Å². The fourth-order valence-electron chi connectivity index (χ4n) is 1.91. The predicted molar refractivity (Wildman–Crippen MR) is 78.3 cm³/mol. The Kier molecular flexibility index (Phi) is 4.37. The van der Waals surface area contributed by atoms with Gasteiger partial charge in [-0.3, -0.25) is 9.48 Å². The Morgan fingerprint density at radius 2 is 2.14 bits per heavy atom. The summed E-state index contributed by atoms with van der Waals surface area (Å²) in [5.41, 5.74) is 1.74. The lowest BCUT2D eigenvalue weighted by Gasteiger charge is -2.08. The molecule has 1 aromatic carbocycles. The smallest absolute Gasteiger partial charge is 0.343 e. The molecule has 2 aromatic rings.